The molecule has 3 heterocycles. The van der Waals surface area contributed by atoms with E-state index in [1.807, 2.05) is 0 Å². The van der Waals surface area contributed by atoms with Crippen LogP contribution in [0.3, 0.4) is 0 Å². The summed E-state index contributed by atoms with van der Waals surface area (Å²) in [5.41, 5.74) is 3.26. The standard InChI is InChI=1S/C18H13F3N6O/c1-10-13(6-7-15(19)22-10)14-9-27(26-23-14)8-11-2-4-12(5-3-11)17-24-25-18(28-17)16(20)21/h2-7,9,16H,8H2,1H3. The van der Waals surface area contributed by atoms with E-state index in [1.165, 1.54) is 6.07 Å². The van der Waals surface area contributed by atoms with E-state index >= 15 is 0 Å². The number of halogens is 3. The zero-order valence-corrected chi connectivity index (χ0v) is 14.6. The fraction of sp³-hybridized carbons (Fsp3) is 0.167. The molecule has 0 amide bonds. The van der Waals surface area contributed by atoms with Crippen LogP contribution >= 0.6 is 0 Å². The second kappa shape index (κ2) is 7.22. The lowest BCUT2D eigenvalue weighted by molar-refractivity contribution is 0.116. The van der Waals surface area contributed by atoms with Crippen LogP contribution in [0.25, 0.3) is 22.7 Å². The van der Waals surface area contributed by atoms with Gasteiger partial charge in [0.25, 0.3) is 5.89 Å². The van der Waals surface area contributed by atoms with Crippen molar-refractivity contribution in [2.45, 2.75) is 19.9 Å². The van der Waals surface area contributed by atoms with Crippen molar-refractivity contribution in [1.29, 1.82) is 0 Å². The molecule has 7 nitrogen and oxygen atoms in total. The molecule has 0 aliphatic carbocycles. The highest BCUT2D eigenvalue weighted by atomic mass is 19.3. The molecule has 0 bridgehead atoms. The van der Waals surface area contributed by atoms with Crippen molar-refractivity contribution in [2.24, 2.45) is 0 Å². The molecule has 28 heavy (non-hydrogen) atoms. The monoisotopic (exact) mass is 386 g/mol. The van der Waals surface area contributed by atoms with E-state index in [4.69, 9.17) is 4.42 Å². The molecule has 0 aliphatic heterocycles. The first-order chi connectivity index (χ1) is 13.5. The summed E-state index contributed by atoms with van der Waals surface area (Å²) in [6, 6.07) is 9.88. The maximum Gasteiger partial charge on any atom is 0.314 e. The van der Waals surface area contributed by atoms with Crippen LogP contribution in [0.1, 0.15) is 23.6 Å². The van der Waals surface area contributed by atoms with E-state index in [9.17, 15) is 13.2 Å². The maximum atomic E-state index is 13.1. The number of aryl methyl sites for hydroxylation is 1. The van der Waals surface area contributed by atoms with E-state index < -0.39 is 18.3 Å². The smallest absolute Gasteiger partial charge is 0.314 e. The Labute approximate surface area is 156 Å². The Balaban J connectivity index is 1.49. The van der Waals surface area contributed by atoms with Gasteiger partial charge < -0.3 is 4.42 Å². The fourth-order valence-corrected chi connectivity index (χ4v) is 2.68. The lowest BCUT2D eigenvalue weighted by atomic mass is 10.1. The molecule has 4 rings (SSSR count). The van der Waals surface area contributed by atoms with Gasteiger partial charge in [0.05, 0.1) is 18.4 Å². The molecule has 0 fully saturated rings. The van der Waals surface area contributed by atoms with Gasteiger partial charge in [0.15, 0.2) is 0 Å². The van der Waals surface area contributed by atoms with Gasteiger partial charge in [0, 0.05) is 11.1 Å². The number of nitrogens with zero attached hydrogens (tertiary/aromatic N) is 6. The van der Waals surface area contributed by atoms with Crippen LogP contribution in [0.5, 0.6) is 0 Å². The highest BCUT2D eigenvalue weighted by molar-refractivity contribution is 5.60. The molecule has 3 aromatic heterocycles. The van der Waals surface area contributed by atoms with Crippen molar-refractivity contribution in [3.63, 3.8) is 0 Å². The predicted octanol–water partition coefficient (Wildman–Crippen LogP) is 3.82. The summed E-state index contributed by atoms with van der Waals surface area (Å²) >= 11 is 0. The minimum Gasteiger partial charge on any atom is -0.415 e. The average molecular weight is 386 g/mol. The van der Waals surface area contributed by atoms with Crippen molar-refractivity contribution in [1.82, 2.24) is 30.2 Å². The normalized spacial score (nSPS) is 11.3. The third-order valence-corrected chi connectivity index (χ3v) is 4.04. The van der Waals surface area contributed by atoms with Crippen molar-refractivity contribution in [3.05, 3.63) is 65.7 Å². The first kappa shape index (κ1) is 17.8. The first-order valence-corrected chi connectivity index (χ1v) is 8.24. The van der Waals surface area contributed by atoms with Gasteiger partial charge in [-0.15, -0.1) is 15.3 Å². The number of aromatic nitrogens is 6. The van der Waals surface area contributed by atoms with Crippen molar-refractivity contribution < 1.29 is 17.6 Å². The van der Waals surface area contributed by atoms with Crippen molar-refractivity contribution >= 4 is 0 Å². The molecule has 10 heteroatoms. The van der Waals surface area contributed by atoms with Crippen LogP contribution in [0, 0.1) is 12.9 Å². The summed E-state index contributed by atoms with van der Waals surface area (Å²) in [5.74, 6) is -1.22. The van der Waals surface area contributed by atoms with E-state index in [0.29, 0.717) is 29.1 Å². The Morgan fingerprint density at radius 3 is 2.50 bits per heavy atom. The molecule has 0 radical (unpaired) electrons. The molecular weight excluding hydrogens is 373 g/mol. The van der Waals surface area contributed by atoms with Gasteiger partial charge in [-0.25, -0.2) is 9.67 Å². The summed E-state index contributed by atoms with van der Waals surface area (Å²) in [5, 5.41) is 15.1. The quantitative estimate of drug-likeness (QED) is 0.485. The number of benzene rings is 1. The summed E-state index contributed by atoms with van der Waals surface area (Å²) < 4.78 is 44.8. The van der Waals surface area contributed by atoms with Crippen LogP contribution in [-0.2, 0) is 6.54 Å². The zero-order valence-electron chi connectivity index (χ0n) is 14.6. The number of rotatable bonds is 5. The first-order valence-electron chi connectivity index (χ1n) is 8.24. The molecule has 0 saturated heterocycles. The van der Waals surface area contributed by atoms with Gasteiger partial charge in [-0.05, 0) is 36.8 Å². The van der Waals surface area contributed by atoms with Crippen LogP contribution < -0.4 is 0 Å². The molecular formula is C18H13F3N6O. The van der Waals surface area contributed by atoms with Gasteiger partial charge in [-0.2, -0.15) is 13.2 Å². The Morgan fingerprint density at radius 2 is 1.82 bits per heavy atom. The molecule has 0 unspecified atom stereocenters. The third kappa shape index (κ3) is 3.61. The van der Waals surface area contributed by atoms with Gasteiger partial charge >= 0.3 is 6.43 Å². The van der Waals surface area contributed by atoms with Gasteiger partial charge in [-0.1, -0.05) is 17.3 Å². The molecule has 0 saturated carbocycles. The molecule has 142 valence electrons. The Bertz CT molecular complexity index is 1110. The minimum absolute atomic E-state index is 0.0316. The van der Waals surface area contributed by atoms with Crippen LogP contribution in [0.2, 0.25) is 0 Å². The van der Waals surface area contributed by atoms with Crippen LogP contribution in [0.4, 0.5) is 13.2 Å². The highest BCUT2D eigenvalue weighted by Crippen LogP contribution is 2.24. The Hall–Kier alpha value is -3.56. The third-order valence-electron chi connectivity index (χ3n) is 4.04. The lowest BCUT2D eigenvalue weighted by Gasteiger charge is -2.02. The van der Waals surface area contributed by atoms with Gasteiger partial charge in [-0.3, -0.25) is 0 Å². The topological polar surface area (TPSA) is 82.5 Å². The van der Waals surface area contributed by atoms with Crippen molar-refractivity contribution in [2.75, 3.05) is 0 Å². The van der Waals surface area contributed by atoms with Crippen LogP contribution in [-0.4, -0.2) is 30.2 Å². The van der Waals surface area contributed by atoms with Gasteiger partial charge in [0.2, 0.25) is 11.8 Å². The number of alkyl halides is 2. The molecule has 0 atom stereocenters. The van der Waals surface area contributed by atoms with E-state index in [1.54, 1.807) is 48.1 Å². The molecule has 1 aromatic carbocycles. The highest BCUT2D eigenvalue weighted by Gasteiger charge is 2.17. The summed E-state index contributed by atoms with van der Waals surface area (Å²) in [7, 11) is 0. The molecule has 0 spiro atoms. The van der Waals surface area contributed by atoms with E-state index in [2.05, 4.69) is 25.5 Å². The average Bonchev–Trinajstić information content (AvgIpc) is 3.32. The summed E-state index contributed by atoms with van der Waals surface area (Å²) in [6.07, 6.45) is -1.06. The number of hydrogen-bond donors (Lipinski definition) is 0. The Kier molecular flexibility index (Phi) is 4.60. The summed E-state index contributed by atoms with van der Waals surface area (Å²) in [4.78, 5) is 3.78. The van der Waals surface area contributed by atoms with Crippen LogP contribution in [0.15, 0.2) is 47.0 Å². The van der Waals surface area contributed by atoms with E-state index in [0.717, 1.165) is 5.56 Å². The fourth-order valence-electron chi connectivity index (χ4n) is 2.68. The Morgan fingerprint density at radius 1 is 1.04 bits per heavy atom. The maximum absolute atomic E-state index is 13.1. The molecule has 0 N–H and O–H groups in total. The molecule has 0 aliphatic rings. The predicted molar refractivity (Wildman–Crippen MR) is 91.7 cm³/mol. The lowest BCUT2D eigenvalue weighted by Crippen LogP contribution is -2.00. The van der Waals surface area contributed by atoms with Crippen molar-refractivity contribution in [3.8, 4) is 22.7 Å². The second-order valence-electron chi connectivity index (χ2n) is 6.01. The summed E-state index contributed by atoms with van der Waals surface area (Å²) in [6.45, 7) is 2.14. The SMILES string of the molecule is Cc1nc(F)ccc1-c1cn(Cc2ccc(-c3nnc(C(F)F)o3)cc2)nn1. The van der Waals surface area contributed by atoms with E-state index in [-0.39, 0.29) is 5.89 Å². The zero-order chi connectivity index (χ0) is 19.7. The number of hydrogen-bond acceptors (Lipinski definition) is 6. The second-order valence-corrected chi connectivity index (χ2v) is 6.01. The molecule has 4 aromatic rings. The number of pyridine rings is 1. The largest absolute Gasteiger partial charge is 0.415 e. The minimum atomic E-state index is -2.80. The van der Waals surface area contributed by atoms with Gasteiger partial charge in [0.1, 0.15) is 5.69 Å².